The SMILES string of the molecule is CCC1CCCC(S(=O)(=O)C(C)(C)C(=O)O)C1. The summed E-state index contributed by atoms with van der Waals surface area (Å²) in [5.74, 6) is -0.829. The lowest BCUT2D eigenvalue weighted by molar-refractivity contribution is -0.139. The summed E-state index contributed by atoms with van der Waals surface area (Å²) in [5, 5.41) is 8.57. The molecule has 0 saturated heterocycles. The summed E-state index contributed by atoms with van der Waals surface area (Å²) in [6, 6.07) is 0. The zero-order chi connectivity index (χ0) is 13.3. The minimum absolute atomic E-state index is 0.424. The van der Waals surface area contributed by atoms with Crippen molar-refractivity contribution in [3.63, 3.8) is 0 Å². The van der Waals surface area contributed by atoms with Crippen molar-refractivity contribution < 1.29 is 18.3 Å². The van der Waals surface area contributed by atoms with Gasteiger partial charge in [0.05, 0.1) is 5.25 Å². The molecule has 1 N–H and O–H groups in total. The zero-order valence-corrected chi connectivity index (χ0v) is 11.6. The van der Waals surface area contributed by atoms with Crippen molar-refractivity contribution in [3.8, 4) is 0 Å². The van der Waals surface area contributed by atoms with E-state index in [0.717, 1.165) is 19.3 Å². The smallest absolute Gasteiger partial charge is 0.324 e. The van der Waals surface area contributed by atoms with Gasteiger partial charge in [-0.2, -0.15) is 0 Å². The summed E-state index contributed by atoms with van der Waals surface area (Å²) in [5.41, 5.74) is 0. The highest BCUT2D eigenvalue weighted by Crippen LogP contribution is 2.35. The fourth-order valence-corrected chi connectivity index (χ4v) is 4.51. The fourth-order valence-electron chi connectivity index (χ4n) is 2.43. The van der Waals surface area contributed by atoms with Crippen LogP contribution in [-0.4, -0.2) is 29.5 Å². The molecule has 0 aromatic heterocycles. The van der Waals surface area contributed by atoms with Crippen LogP contribution in [-0.2, 0) is 14.6 Å². The van der Waals surface area contributed by atoms with E-state index in [2.05, 4.69) is 6.92 Å². The molecule has 0 aromatic carbocycles. The molecule has 0 radical (unpaired) electrons. The normalized spacial score (nSPS) is 26.8. The van der Waals surface area contributed by atoms with Crippen LogP contribution < -0.4 is 0 Å². The molecule has 0 aromatic rings. The van der Waals surface area contributed by atoms with E-state index in [1.807, 2.05) is 0 Å². The van der Waals surface area contributed by atoms with Crippen LogP contribution in [0.5, 0.6) is 0 Å². The van der Waals surface area contributed by atoms with Crippen LogP contribution >= 0.6 is 0 Å². The molecule has 1 aliphatic carbocycles. The molecular formula is C12H22O4S. The van der Waals surface area contributed by atoms with Gasteiger partial charge in [0, 0.05) is 0 Å². The molecule has 100 valence electrons. The summed E-state index contributed by atoms with van der Waals surface area (Å²) >= 11 is 0. The van der Waals surface area contributed by atoms with Crippen molar-refractivity contribution in [3.05, 3.63) is 0 Å². The van der Waals surface area contributed by atoms with Crippen molar-refractivity contribution in [2.45, 2.75) is 62.9 Å². The molecule has 17 heavy (non-hydrogen) atoms. The van der Waals surface area contributed by atoms with Crippen molar-refractivity contribution in [1.82, 2.24) is 0 Å². The lowest BCUT2D eigenvalue weighted by Gasteiger charge is -2.32. The number of hydrogen-bond donors (Lipinski definition) is 1. The van der Waals surface area contributed by atoms with Gasteiger partial charge < -0.3 is 5.11 Å². The predicted octanol–water partition coefficient (Wildman–Crippen LogP) is 2.23. The van der Waals surface area contributed by atoms with E-state index in [1.54, 1.807) is 0 Å². The van der Waals surface area contributed by atoms with E-state index < -0.39 is 25.8 Å². The highest BCUT2D eigenvalue weighted by atomic mass is 32.2. The van der Waals surface area contributed by atoms with Gasteiger partial charge in [0.1, 0.15) is 0 Å². The standard InChI is InChI=1S/C12H22O4S/c1-4-9-6-5-7-10(8-9)17(15,16)12(2,3)11(13)14/h9-10H,4-8H2,1-3H3,(H,13,14). The molecule has 0 spiro atoms. The van der Waals surface area contributed by atoms with E-state index in [4.69, 9.17) is 5.11 Å². The molecule has 1 saturated carbocycles. The number of rotatable bonds is 4. The Bertz CT molecular complexity index is 383. The molecule has 0 heterocycles. The van der Waals surface area contributed by atoms with Crippen molar-refractivity contribution >= 4 is 15.8 Å². The molecule has 1 rings (SSSR count). The van der Waals surface area contributed by atoms with Crippen LogP contribution in [0.2, 0.25) is 0 Å². The highest BCUT2D eigenvalue weighted by molar-refractivity contribution is 7.94. The minimum atomic E-state index is -3.60. The lowest BCUT2D eigenvalue weighted by atomic mass is 9.87. The molecule has 0 bridgehead atoms. The van der Waals surface area contributed by atoms with E-state index in [9.17, 15) is 13.2 Å². The number of aliphatic carboxylic acids is 1. The summed E-state index contributed by atoms with van der Waals surface area (Å²) in [6.45, 7) is 4.64. The quantitative estimate of drug-likeness (QED) is 0.843. The Labute approximate surface area is 103 Å². The van der Waals surface area contributed by atoms with Gasteiger partial charge in [0.25, 0.3) is 0 Å². The zero-order valence-electron chi connectivity index (χ0n) is 10.8. The van der Waals surface area contributed by atoms with Gasteiger partial charge >= 0.3 is 5.97 Å². The molecule has 0 aliphatic heterocycles. The Hall–Kier alpha value is -0.580. The van der Waals surface area contributed by atoms with E-state index in [-0.39, 0.29) is 0 Å². The van der Waals surface area contributed by atoms with Gasteiger partial charge in [-0.15, -0.1) is 0 Å². The molecule has 5 heteroatoms. The van der Waals surface area contributed by atoms with Crippen LogP contribution in [0, 0.1) is 5.92 Å². The van der Waals surface area contributed by atoms with Crippen molar-refractivity contribution in [2.75, 3.05) is 0 Å². The largest absolute Gasteiger partial charge is 0.480 e. The average Bonchev–Trinajstić information content (AvgIpc) is 2.28. The fraction of sp³-hybridized carbons (Fsp3) is 0.917. The van der Waals surface area contributed by atoms with Gasteiger partial charge in [-0.1, -0.05) is 26.2 Å². The Kier molecular flexibility index (Phi) is 4.23. The highest BCUT2D eigenvalue weighted by Gasteiger charge is 2.47. The van der Waals surface area contributed by atoms with Gasteiger partial charge in [-0.3, -0.25) is 4.79 Å². The Balaban J connectivity index is 2.95. The predicted molar refractivity (Wildman–Crippen MR) is 66.7 cm³/mol. The molecule has 2 atom stereocenters. The second kappa shape index (κ2) is 4.96. The van der Waals surface area contributed by atoms with Crippen LogP contribution in [0.3, 0.4) is 0 Å². The Morgan fingerprint density at radius 2 is 1.94 bits per heavy atom. The number of carboxylic acid groups (broad SMARTS) is 1. The number of carboxylic acids is 1. The third kappa shape index (κ3) is 2.64. The van der Waals surface area contributed by atoms with Crippen LogP contribution in [0.4, 0.5) is 0 Å². The molecule has 1 fully saturated rings. The molecular weight excluding hydrogens is 240 g/mol. The lowest BCUT2D eigenvalue weighted by Crippen LogP contribution is -2.47. The Morgan fingerprint density at radius 1 is 1.35 bits per heavy atom. The third-order valence-electron chi connectivity index (χ3n) is 3.98. The number of carbonyl (C=O) groups is 1. The monoisotopic (exact) mass is 262 g/mol. The van der Waals surface area contributed by atoms with Crippen LogP contribution in [0.1, 0.15) is 52.9 Å². The minimum Gasteiger partial charge on any atom is -0.480 e. The average molecular weight is 262 g/mol. The number of sulfone groups is 1. The summed E-state index contributed by atoms with van der Waals surface area (Å²) in [6.07, 6.45) is 4.15. The topological polar surface area (TPSA) is 71.4 Å². The third-order valence-corrected chi connectivity index (χ3v) is 6.88. The van der Waals surface area contributed by atoms with Gasteiger partial charge in [-0.05, 0) is 32.6 Å². The first-order valence-corrected chi connectivity index (χ1v) is 7.75. The van der Waals surface area contributed by atoms with E-state index >= 15 is 0 Å². The molecule has 4 nitrogen and oxygen atoms in total. The van der Waals surface area contributed by atoms with E-state index in [0.29, 0.717) is 18.8 Å². The first kappa shape index (κ1) is 14.5. The maximum absolute atomic E-state index is 12.3. The second-order valence-electron chi connectivity index (χ2n) is 5.42. The van der Waals surface area contributed by atoms with Crippen LogP contribution in [0.15, 0.2) is 0 Å². The van der Waals surface area contributed by atoms with Crippen LogP contribution in [0.25, 0.3) is 0 Å². The first-order chi connectivity index (χ1) is 7.73. The first-order valence-electron chi connectivity index (χ1n) is 6.20. The maximum atomic E-state index is 12.3. The van der Waals surface area contributed by atoms with Gasteiger partial charge in [0.15, 0.2) is 14.6 Å². The number of hydrogen-bond acceptors (Lipinski definition) is 3. The second-order valence-corrected chi connectivity index (χ2v) is 8.20. The summed E-state index contributed by atoms with van der Waals surface area (Å²) < 4.78 is 23.0. The van der Waals surface area contributed by atoms with Gasteiger partial charge in [-0.25, -0.2) is 8.42 Å². The maximum Gasteiger partial charge on any atom is 0.324 e. The molecule has 2 unspecified atom stereocenters. The molecule has 1 aliphatic rings. The van der Waals surface area contributed by atoms with Crippen molar-refractivity contribution in [2.24, 2.45) is 5.92 Å². The van der Waals surface area contributed by atoms with E-state index in [1.165, 1.54) is 13.8 Å². The summed E-state index contributed by atoms with van der Waals surface area (Å²) in [4.78, 5) is 11.1. The Morgan fingerprint density at radius 3 is 2.41 bits per heavy atom. The van der Waals surface area contributed by atoms with Gasteiger partial charge in [0.2, 0.25) is 0 Å². The summed E-state index contributed by atoms with van der Waals surface area (Å²) in [7, 11) is -3.60. The van der Waals surface area contributed by atoms with Crippen molar-refractivity contribution in [1.29, 1.82) is 0 Å². The molecule has 0 amide bonds.